The monoisotopic (exact) mass is 444 g/mol. The molecular formula is C19H33IN4. The first-order valence-electron chi connectivity index (χ1n) is 9.01. The molecule has 0 aromatic heterocycles. The van der Waals surface area contributed by atoms with Gasteiger partial charge < -0.3 is 15.5 Å². The van der Waals surface area contributed by atoms with Gasteiger partial charge in [0.15, 0.2) is 5.96 Å². The molecule has 0 amide bonds. The van der Waals surface area contributed by atoms with Gasteiger partial charge in [-0.05, 0) is 51.3 Å². The van der Waals surface area contributed by atoms with Gasteiger partial charge in [0.1, 0.15) is 0 Å². The van der Waals surface area contributed by atoms with Crippen LogP contribution in [0.1, 0.15) is 45.2 Å². The fourth-order valence-electron chi connectivity index (χ4n) is 3.06. The van der Waals surface area contributed by atoms with Gasteiger partial charge in [-0.15, -0.1) is 24.0 Å². The highest BCUT2D eigenvalue weighted by atomic mass is 127. The zero-order valence-corrected chi connectivity index (χ0v) is 17.6. The normalized spacial score (nSPS) is 17.9. The van der Waals surface area contributed by atoms with Crippen molar-refractivity contribution in [1.82, 2.24) is 15.5 Å². The smallest absolute Gasteiger partial charge is 0.191 e. The van der Waals surface area contributed by atoms with Crippen molar-refractivity contribution in [3.8, 4) is 0 Å². The van der Waals surface area contributed by atoms with Crippen LogP contribution in [0.4, 0.5) is 0 Å². The van der Waals surface area contributed by atoms with Crippen LogP contribution in [0.2, 0.25) is 0 Å². The largest absolute Gasteiger partial charge is 0.357 e. The molecule has 24 heavy (non-hydrogen) atoms. The van der Waals surface area contributed by atoms with Crippen molar-refractivity contribution in [2.24, 2.45) is 10.9 Å². The van der Waals surface area contributed by atoms with Gasteiger partial charge in [-0.25, -0.2) is 0 Å². The Hall–Kier alpha value is -0.820. The molecule has 0 aliphatic carbocycles. The molecule has 1 aromatic carbocycles. The molecular weight excluding hydrogens is 411 g/mol. The zero-order valence-electron chi connectivity index (χ0n) is 15.3. The molecule has 0 bridgehead atoms. The number of nitrogens with one attached hydrogen (secondary N) is 2. The van der Waals surface area contributed by atoms with Gasteiger partial charge in [0.25, 0.3) is 0 Å². The molecule has 0 spiro atoms. The van der Waals surface area contributed by atoms with Gasteiger partial charge in [-0.3, -0.25) is 4.99 Å². The Kier molecular flexibility index (Phi) is 10.3. The van der Waals surface area contributed by atoms with E-state index in [1.54, 1.807) is 0 Å². The van der Waals surface area contributed by atoms with Crippen LogP contribution in [0, 0.1) is 5.92 Å². The van der Waals surface area contributed by atoms with E-state index in [9.17, 15) is 0 Å². The average molecular weight is 444 g/mol. The number of nitrogens with zero attached hydrogens (tertiary/aromatic N) is 2. The molecule has 1 aliphatic rings. The van der Waals surface area contributed by atoms with Crippen LogP contribution in [0.15, 0.2) is 35.3 Å². The molecule has 2 unspecified atom stereocenters. The van der Waals surface area contributed by atoms with Crippen LogP contribution in [0.25, 0.3) is 0 Å². The van der Waals surface area contributed by atoms with Crippen molar-refractivity contribution in [1.29, 1.82) is 0 Å². The summed E-state index contributed by atoms with van der Waals surface area (Å²) in [5.74, 6) is 1.51. The summed E-state index contributed by atoms with van der Waals surface area (Å²) in [6.07, 6.45) is 2.71. The predicted octanol–water partition coefficient (Wildman–Crippen LogP) is 3.65. The lowest BCUT2D eigenvalue weighted by molar-refractivity contribution is 0.291. The number of aliphatic imine (C=N–C) groups is 1. The summed E-state index contributed by atoms with van der Waals surface area (Å²) in [7, 11) is 0. The molecule has 1 aromatic rings. The van der Waals surface area contributed by atoms with Crippen LogP contribution in [-0.2, 0) is 0 Å². The maximum atomic E-state index is 4.79. The van der Waals surface area contributed by atoms with Gasteiger partial charge in [0.05, 0.1) is 6.04 Å². The first kappa shape index (κ1) is 21.2. The average Bonchev–Trinajstić information content (AvgIpc) is 3.06. The Labute approximate surface area is 164 Å². The van der Waals surface area contributed by atoms with E-state index in [-0.39, 0.29) is 30.0 Å². The Morgan fingerprint density at radius 2 is 1.83 bits per heavy atom. The minimum Gasteiger partial charge on any atom is -0.357 e. The third-order valence-corrected chi connectivity index (χ3v) is 4.33. The Balaban J connectivity index is 0.00000288. The number of guanidine groups is 1. The van der Waals surface area contributed by atoms with Crippen molar-refractivity contribution < 1.29 is 0 Å². The van der Waals surface area contributed by atoms with Crippen LogP contribution in [-0.4, -0.2) is 43.6 Å². The lowest BCUT2D eigenvalue weighted by atomic mass is 10.1. The summed E-state index contributed by atoms with van der Waals surface area (Å²) in [5, 5.41) is 6.87. The molecule has 2 rings (SSSR count). The summed E-state index contributed by atoms with van der Waals surface area (Å²) in [4.78, 5) is 7.35. The molecule has 5 heteroatoms. The van der Waals surface area contributed by atoms with Crippen molar-refractivity contribution in [2.75, 3.05) is 32.7 Å². The fourth-order valence-corrected chi connectivity index (χ4v) is 3.06. The minimum atomic E-state index is 0. The van der Waals surface area contributed by atoms with Crippen LogP contribution in [0.3, 0.4) is 0 Å². The number of hydrogen-bond acceptors (Lipinski definition) is 2. The highest BCUT2D eigenvalue weighted by molar-refractivity contribution is 14.0. The van der Waals surface area contributed by atoms with Crippen molar-refractivity contribution in [3.63, 3.8) is 0 Å². The van der Waals surface area contributed by atoms with E-state index in [1.807, 2.05) is 0 Å². The van der Waals surface area contributed by atoms with Gasteiger partial charge in [-0.1, -0.05) is 37.3 Å². The van der Waals surface area contributed by atoms with E-state index < -0.39 is 0 Å². The summed E-state index contributed by atoms with van der Waals surface area (Å²) >= 11 is 0. The van der Waals surface area contributed by atoms with E-state index >= 15 is 0 Å². The second-order valence-corrected chi connectivity index (χ2v) is 6.61. The summed E-state index contributed by atoms with van der Waals surface area (Å²) in [6, 6.07) is 10.8. The number of halogens is 1. The van der Waals surface area contributed by atoms with E-state index in [4.69, 9.17) is 4.99 Å². The molecule has 1 saturated heterocycles. The topological polar surface area (TPSA) is 39.7 Å². The summed E-state index contributed by atoms with van der Waals surface area (Å²) in [5.41, 5.74) is 1.28. The lowest BCUT2D eigenvalue weighted by Crippen LogP contribution is -2.39. The fraction of sp³-hybridized carbons (Fsp3) is 0.632. The standard InChI is InChI=1S/C19H32N4.HI/c1-4-20-19(22-17(3)18-10-6-5-7-11-18)21-14-16(2)15-23-12-8-9-13-23;/h5-7,10-11,16-17H,4,8-9,12-15H2,1-3H3,(H2,20,21,22);1H. The van der Waals surface area contributed by atoms with Crippen LogP contribution < -0.4 is 10.6 Å². The molecule has 2 N–H and O–H groups in total. The zero-order chi connectivity index (χ0) is 16.5. The second kappa shape index (κ2) is 11.7. The number of likely N-dealkylation sites (tertiary alicyclic amines) is 1. The van der Waals surface area contributed by atoms with Crippen LogP contribution in [0.5, 0.6) is 0 Å². The molecule has 0 saturated carbocycles. The van der Waals surface area contributed by atoms with E-state index in [0.717, 1.165) is 25.6 Å². The third-order valence-electron chi connectivity index (χ3n) is 4.33. The summed E-state index contributed by atoms with van der Waals surface area (Å²) < 4.78 is 0. The van der Waals surface area contributed by atoms with Crippen molar-refractivity contribution in [3.05, 3.63) is 35.9 Å². The third kappa shape index (κ3) is 7.38. The highest BCUT2D eigenvalue weighted by Gasteiger charge is 2.14. The number of hydrogen-bond donors (Lipinski definition) is 2. The van der Waals surface area contributed by atoms with E-state index in [2.05, 4.69) is 66.6 Å². The SMILES string of the molecule is CCNC(=NCC(C)CN1CCCC1)NC(C)c1ccccc1.I. The van der Waals surface area contributed by atoms with Crippen LogP contribution >= 0.6 is 24.0 Å². The van der Waals surface area contributed by atoms with Gasteiger partial charge >= 0.3 is 0 Å². The van der Waals surface area contributed by atoms with Crippen molar-refractivity contribution >= 4 is 29.9 Å². The Morgan fingerprint density at radius 1 is 1.17 bits per heavy atom. The molecule has 136 valence electrons. The van der Waals surface area contributed by atoms with Gasteiger partial charge in [0, 0.05) is 19.6 Å². The van der Waals surface area contributed by atoms with E-state index in [0.29, 0.717) is 5.92 Å². The molecule has 4 nitrogen and oxygen atoms in total. The highest BCUT2D eigenvalue weighted by Crippen LogP contribution is 2.12. The molecule has 2 atom stereocenters. The van der Waals surface area contributed by atoms with E-state index in [1.165, 1.54) is 31.5 Å². The summed E-state index contributed by atoms with van der Waals surface area (Å²) in [6.45, 7) is 12.0. The number of benzene rings is 1. The Bertz CT molecular complexity index is 472. The van der Waals surface area contributed by atoms with Gasteiger partial charge in [0.2, 0.25) is 0 Å². The Morgan fingerprint density at radius 3 is 2.46 bits per heavy atom. The second-order valence-electron chi connectivity index (χ2n) is 6.61. The molecule has 1 aliphatic heterocycles. The van der Waals surface area contributed by atoms with Crippen molar-refractivity contribution in [2.45, 2.75) is 39.7 Å². The lowest BCUT2D eigenvalue weighted by Gasteiger charge is -2.21. The van der Waals surface area contributed by atoms with Gasteiger partial charge in [-0.2, -0.15) is 0 Å². The first-order chi connectivity index (χ1) is 11.2. The maximum Gasteiger partial charge on any atom is 0.191 e. The first-order valence-corrected chi connectivity index (χ1v) is 9.01. The predicted molar refractivity (Wildman–Crippen MR) is 114 cm³/mol. The molecule has 0 radical (unpaired) electrons. The quantitative estimate of drug-likeness (QED) is 0.383. The molecule has 1 fully saturated rings. The molecule has 1 heterocycles. The maximum absolute atomic E-state index is 4.79. The minimum absolute atomic E-state index is 0. The number of rotatable bonds is 7.